The molecule has 0 spiro atoms. The molecule has 0 aromatic heterocycles. The molecule has 0 saturated heterocycles. The van der Waals surface area contributed by atoms with E-state index in [1.807, 2.05) is 13.8 Å². The van der Waals surface area contributed by atoms with E-state index in [4.69, 9.17) is 4.74 Å². The Bertz CT molecular complexity index is 584. The summed E-state index contributed by atoms with van der Waals surface area (Å²) in [4.78, 5) is 38.0. The topological polar surface area (TPSA) is 75.7 Å². The second-order valence-electron chi connectivity index (χ2n) is 6.17. The van der Waals surface area contributed by atoms with Gasteiger partial charge >= 0.3 is 0 Å². The van der Waals surface area contributed by atoms with Crippen LogP contribution in [0.25, 0.3) is 0 Å². The van der Waals surface area contributed by atoms with Crippen molar-refractivity contribution in [2.75, 3.05) is 26.7 Å². The predicted molar refractivity (Wildman–Crippen MR) is 101 cm³/mol. The van der Waals surface area contributed by atoms with Gasteiger partial charge < -0.3 is 15.0 Å². The lowest BCUT2D eigenvalue weighted by molar-refractivity contribution is -0.136. The minimum absolute atomic E-state index is 0.00295. The molecule has 0 fully saturated rings. The largest absolute Gasteiger partial charge is 0.497 e. The van der Waals surface area contributed by atoms with E-state index < -0.39 is 0 Å². The van der Waals surface area contributed by atoms with Crippen molar-refractivity contribution >= 4 is 17.6 Å². The lowest BCUT2D eigenvalue weighted by Gasteiger charge is -2.21. The van der Waals surface area contributed by atoms with Crippen molar-refractivity contribution in [1.82, 2.24) is 10.2 Å². The van der Waals surface area contributed by atoms with Crippen LogP contribution >= 0.6 is 0 Å². The minimum atomic E-state index is -0.136. The van der Waals surface area contributed by atoms with Gasteiger partial charge in [0, 0.05) is 31.5 Å². The molecule has 26 heavy (non-hydrogen) atoms. The van der Waals surface area contributed by atoms with E-state index in [1.165, 1.54) is 0 Å². The summed E-state index contributed by atoms with van der Waals surface area (Å²) in [6, 6.07) is 6.95. The van der Waals surface area contributed by atoms with Crippen molar-refractivity contribution in [2.24, 2.45) is 0 Å². The Labute approximate surface area is 155 Å². The number of hydrogen-bond acceptors (Lipinski definition) is 4. The van der Waals surface area contributed by atoms with Crippen molar-refractivity contribution in [3.8, 4) is 5.75 Å². The highest BCUT2D eigenvalue weighted by molar-refractivity contribution is 5.96. The van der Waals surface area contributed by atoms with E-state index in [-0.39, 0.29) is 30.6 Å². The fourth-order valence-electron chi connectivity index (χ4n) is 2.54. The molecule has 2 amide bonds. The molecule has 0 aliphatic carbocycles. The second-order valence-corrected chi connectivity index (χ2v) is 6.17. The number of amides is 2. The third-order valence-electron chi connectivity index (χ3n) is 3.96. The van der Waals surface area contributed by atoms with E-state index >= 15 is 0 Å². The lowest BCUT2D eigenvalue weighted by atomic mass is 10.0. The SMILES string of the molecule is CCCNC(=O)CN(CCC)C(=O)CCCC(=O)c1ccc(OC)cc1. The fourth-order valence-corrected chi connectivity index (χ4v) is 2.54. The molecule has 0 bridgehead atoms. The van der Waals surface area contributed by atoms with Crippen molar-refractivity contribution < 1.29 is 19.1 Å². The van der Waals surface area contributed by atoms with Crippen LogP contribution in [-0.4, -0.2) is 49.2 Å². The quantitative estimate of drug-likeness (QED) is 0.580. The maximum atomic E-state index is 12.4. The van der Waals surface area contributed by atoms with Gasteiger partial charge in [-0.05, 0) is 43.5 Å². The zero-order valence-electron chi connectivity index (χ0n) is 16.0. The molecule has 6 nitrogen and oxygen atoms in total. The zero-order chi connectivity index (χ0) is 19.4. The zero-order valence-corrected chi connectivity index (χ0v) is 16.0. The Kier molecular flexibility index (Phi) is 10.1. The maximum absolute atomic E-state index is 12.4. The molecular weight excluding hydrogens is 332 g/mol. The molecule has 0 unspecified atom stereocenters. The van der Waals surface area contributed by atoms with Gasteiger partial charge in [-0.25, -0.2) is 0 Å². The van der Waals surface area contributed by atoms with E-state index in [9.17, 15) is 14.4 Å². The van der Waals surface area contributed by atoms with Crippen LogP contribution in [0.15, 0.2) is 24.3 Å². The number of nitrogens with zero attached hydrogens (tertiary/aromatic N) is 1. The smallest absolute Gasteiger partial charge is 0.239 e. The molecule has 1 rings (SSSR count). The molecule has 0 radical (unpaired) electrons. The first kappa shape index (κ1) is 21.7. The van der Waals surface area contributed by atoms with Gasteiger partial charge in [-0.2, -0.15) is 0 Å². The first-order valence-electron chi connectivity index (χ1n) is 9.23. The third-order valence-corrected chi connectivity index (χ3v) is 3.96. The number of benzene rings is 1. The first-order valence-corrected chi connectivity index (χ1v) is 9.23. The van der Waals surface area contributed by atoms with E-state index in [1.54, 1.807) is 36.3 Å². The standard InChI is InChI=1S/C20H30N2O4/c1-4-13-21-19(24)15-22(14-5-2)20(25)8-6-7-18(23)16-9-11-17(26-3)12-10-16/h9-12H,4-8,13-15H2,1-3H3,(H,21,24). The predicted octanol–water partition coefficient (Wildman–Crippen LogP) is 2.81. The van der Waals surface area contributed by atoms with E-state index in [0.717, 1.165) is 12.8 Å². The molecule has 1 N–H and O–H groups in total. The fraction of sp³-hybridized carbons (Fsp3) is 0.550. The van der Waals surface area contributed by atoms with Crippen LogP contribution in [0.4, 0.5) is 0 Å². The summed E-state index contributed by atoms with van der Waals surface area (Å²) in [6.45, 7) is 5.19. The van der Waals surface area contributed by atoms with Gasteiger partial charge in [0.05, 0.1) is 13.7 Å². The first-order chi connectivity index (χ1) is 12.5. The summed E-state index contributed by atoms with van der Waals surface area (Å²) in [5.41, 5.74) is 0.614. The van der Waals surface area contributed by atoms with Gasteiger partial charge in [0.1, 0.15) is 5.75 Å². The summed E-state index contributed by atoms with van der Waals surface area (Å²) >= 11 is 0. The molecule has 0 saturated carbocycles. The number of ketones is 1. The third kappa shape index (κ3) is 7.68. The van der Waals surface area contributed by atoms with Crippen LogP contribution in [0.5, 0.6) is 5.75 Å². The van der Waals surface area contributed by atoms with Gasteiger partial charge in [0.2, 0.25) is 11.8 Å². The highest BCUT2D eigenvalue weighted by atomic mass is 16.5. The molecule has 144 valence electrons. The van der Waals surface area contributed by atoms with Crippen molar-refractivity contribution in [2.45, 2.75) is 46.0 Å². The van der Waals surface area contributed by atoms with Crippen LogP contribution in [0.3, 0.4) is 0 Å². The number of methoxy groups -OCH3 is 1. The van der Waals surface area contributed by atoms with Gasteiger partial charge in [-0.1, -0.05) is 13.8 Å². The number of carbonyl (C=O) groups is 3. The lowest BCUT2D eigenvalue weighted by Crippen LogP contribution is -2.41. The van der Waals surface area contributed by atoms with Gasteiger partial charge in [0.25, 0.3) is 0 Å². The number of nitrogens with one attached hydrogen (secondary N) is 1. The highest BCUT2D eigenvalue weighted by Gasteiger charge is 2.16. The van der Waals surface area contributed by atoms with Gasteiger partial charge in [-0.15, -0.1) is 0 Å². The summed E-state index contributed by atoms with van der Waals surface area (Å²) in [7, 11) is 1.58. The monoisotopic (exact) mass is 362 g/mol. The van der Waals surface area contributed by atoms with Crippen molar-refractivity contribution in [3.05, 3.63) is 29.8 Å². The Balaban J connectivity index is 2.45. The molecular formula is C20H30N2O4. The van der Waals surface area contributed by atoms with Gasteiger partial charge in [0.15, 0.2) is 5.78 Å². The van der Waals surface area contributed by atoms with Crippen LogP contribution in [0, 0.1) is 0 Å². The average Bonchev–Trinajstić information content (AvgIpc) is 2.65. The maximum Gasteiger partial charge on any atom is 0.239 e. The van der Waals surface area contributed by atoms with Gasteiger partial charge in [-0.3, -0.25) is 14.4 Å². The van der Waals surface area contributed by atoms with E-state index in [2.05, 4.69) is 5.32 Å². The number of hydrogen-bond donors (Lipinski definition) is 1. The van der Waals surface area contributed by atoms with Crippen molar-refractivity contribution in [3.63, 3.8) is 0 Å². The Hall–Kier alpha value is -2.37. The summed E-state index contributed by atoms with van der Waals surface area (Å²) in [5, 5.41) is 2.78. The second kappa shape index (κ2) is 12.1. The minimum Gasteiger partial charge on any atom is -0.497 e. The normalized spacial score (nSPS) is 10.3. The summed E-state index contributed by atoms with van der Waals surface area (Å²) in [5.74, 6) is 0.487. The summed E-state index contributed by atoms with van der Waals surface area (Å²) < 4.78 is 5.07. The van der Waals surface area contributed by atoms with Crippen LogP contribution < -0.4 is 10.1 Å². The molecule has 0 aliphatic rings. The van der Waals surface area contributed by atoms with Crippen LogP contribution in [-0.2, 0) is 9.59 Å². The molecule has 6 heteroatoms. The van der Waals surface area contributed by atoms with Crippen LogP contribution in [0.1, 0.15) is 56.3 Å². The summed E-state index contributed by atoms with van der Waals surface area (Å²) in [6.07, 6.45) is 2.70. The number of carbonyl (C=O) groups excluding carboxylic acids is 3. The number of ether oxygens (including phenoxy) is 1. The average molecular weight is 362 g/mol. The molecule has 0 heterocycles. The number of Topliss-reactive ketones (excluding diaryl/α,β-unsaturated/α-hetero) is 1. The van der Waals surface area contributed by atoms with Crippen molar-refractivity contribution in [1.29, 1.82) is 0 Å². The number of rotatable bonds is 12. The van der Waals surface area contributed by atoms with Crippen LogP contribution in [0.2, 0.25) is 0 Å². The molecule has 0 aliphatic heterocycles. The Morgan fingerprint density at radius 2 is 1.73 bits per heavy atom. The Morgan fingerprint density at radius 3 is 2.31 bits per heavy atom. The Morgan fingerprint density at radius 1 is 1.04 bits per heavy atom. The highest BCUT2D eigenvalue weighted by Crippen LogP contribution is 2.14. The molecule has 0 atom stereocenters. The molecule has 1 aromatic rings. The molecule has 1 aromatic carbocycles. The van der Waals surface area contributed by atoms with E-state index in [0.29, 0.717) is 37.2 Å².